The van der Waals surface area contributed by atoms with E-state index >= 15 is 0 Å². The lowest BCUT2D eigenvalue weighted by Gasteiger charge is -2.17. The van der Waals surface area contributed by atoms with Crippen molar-refractivity contribution in [1.82, 2.24) is 15.0 Å². The number of amides is 1. The third-order valence-corrected chi connectivity index (χ3v) is 8.12. The first-order valence-corrected chi connectivity index (χ1v) is 13.5. The Morgan fingerprint density at radius 3 is 2.26 bits per heavy atom. The van der Waals surface area contributed by atoms with Gasteiger partial charge in [-0.15, -0.1) is 0 Å². The van der Waals surface area contributed by atoms with Gasteiger partial charge in [0.25, 0.3) is 5.91 Å². The molecular formula is C33H31N5O. The number of aromatic nitrogens is 3. The Hall–Kier alpha value is -4.71. The van der Waals surface area contributed by atoms with Gasteiger partial charge in [-0.25, -0.2) is 0 Å². The standard InChI is InChI=1S/C33H31N5O/c1-5-20-17-38(30-11-10-27-31(32(20)30)19(4)16-34-27)33(39)29-15-22-13-24(7-9-26(22)37-29)35-23-6-8-25-21(12-23)14-28(36-25)18(2)3/h6-16,20,34-37H,2,5,17H2,1,3-4H3. The molecule has 0 saturated carbocycles. The summed E-state index contributed by atoms with van der Waals surface area (Å²) in [7, 11) is 0. The van der Waals surface area contributed by atoms with Crippen molar-refractivity contribution in [2.75, 3.05) is 16.8 Å². The summed E-state index contributed by atoms with van der Waals surface area (Å²) in [6.45, 7) is 11.1. The summed E-state index contributed by atoms with van der Waals surface area (Å²) < 4.78 is 0. The van der Waals surface area contributed by atoms with Crippen LogP contribution in [-0.2, 0) is 0 Å². The van der Waals surface area contributed by atoms with E-state index in [-0.39, 0.29) is 5.91 Å². The van der Waals surface area contributed by atoms with Crippen LogP contribution in [0.1, 0.15) is 53.5 Å². The summed E-state index contributed by atoms with van der Waals surface area (Å²) in [5.41, 5.74) is 11.4. The van der Waals surface area contributed by atoms with E-state index in [9.17, 15) is 4.79 Å². The third kappa shape index (κ3) is 3.75. The van der Waals surface area contributed by atoms with Gasteiger partial charge in [-0.3, -0.25) is 4.79 Å². The molecule has 39 heavy (non-hydrogen) atoms. The molecule has 0 radical (unpaired) electrons. The average Bonchev–Trinajstić information content (AvgIpc) is 3.71. The number of nitrogens with zero attached hydrogens (tertiary/aromatic N) is 1. The van der Waals surface area contributed by atoms with E-state index in [0.717, 1.165) is 62.1 Å². The molecule has 1 aliphatic heterocycles. The van der Waals surface area contributed by atoms with Gasteiger partial charge in [0.05, 0.1) is 0 Å². The summed E-state index contributed by atoms with van der Waals surface area (Å²) in [5.74, 6) is 0.336. The van der Waals surface area contributed by atoms with E-state index in [1.807, 2.05) is 30.0 Å². The fourth-order valence-corrected chi connectivity index (χ4v) is 6.07. The predicted molar refractivity (Wildman–Crippen MR) is 162 cm³/mol. The zero-order valence-corrected chi connectivity index (χ0v) is 22.4. The van der Waals surface area contributed by atoms with Crippen LogP contribution in [0.3, 0.4) is 0 Å². The van der Waals surface area contributed by atoms with E-state index in [2.05, 4.69) is 89.4 Å². The van der Waals surface area contributed by atoms with E-state index in [1.165, 1.54) is 16.5 Å². The van der Waals surface area contributed by atoms with Gasteiger partial charge >= 0.3 is 0 Å². The van der Waals surface area contributed by atoms with Crippen LogP contribution in [-0.4, -0.2) is 27.4 Å². The molecule has 1 unspecified atom stereocenters. The van der Waals surface area contributed by atoms with E-state index in [4.69, 9.17) is 0 Å². The van der Waals surface area contributed by atoms with Crippen molar-refractivity contribution in [2.24, 2.45) is 0 Å². The van der Waals surface area contributed by atoms with Crippen molar-refractivity contribution in [3.05, 3.63) is 96.0 Å². The zero-order chi connectivity index (χ0) is 26.8. The number of rotatable bonds is 5. The Morgan fingerprint density at radius 1 is 0.949 bits per heavy atom. The molecule has 1 amide bonds. The van der Waals surface area contributed by atoms with Gasteiger partial charge in [0.2, 0.25) is 0 Å². The first-order chi connectivity index (χ1) is 18.9. The van der Waals surface area contributed by atoms with Crippen LogP contribution < -0.4 is 10.2 Å². The second-order valence-corrected chi connectivity index (χ2v) is 10.8. The minimum atomic E-state index is 0.0108. The average molecular weight is 514 g/mol. The van der Waals surface area contributed by atoms with Crippen LogP contribution >= 0.6 is 0 Å². The summed E-state index contributed by atoms with van der Waals surface area (Å²) in [5, 5.41) is 6.91. The normalized spacial score (nSPS) is 14.9. The Kier molecular flexibility index (Phi) is 5.20. The molecule has 1 atom stereocenters. The Labute approximate surface area is 226 Å². The minimum absolute atomic E-state index is 0.0108. The van der Waals surface area contributed by atoms with Gasteiger partial charge in [0, 0.05) is 74.1 Å². The van der Waals surface area contributed by atoms with Gasteiger partial charge < -0.3 is 25.2 Å². The SMILES string of the molecule is C=C(C)c1cc2cc(Nc3ccc4[nH]c(C(=O)N5CC(CC)c6c5ccc5[nH]cc(C)c65)cc4c3)ccc2[nH]1. The maximum absolute atomic E-state index is 13.8. The molecule has 0 fully saturated rings. The quantitative estimate of drug-likeness (QED) is 0.187. The van der Waals surface area contributed by atoms with Gasteiger partial charge in [-0.2, -0.15) is 0 Å². The van der Waals surface area contributed by atoms with E-state index < -0.39 is 0 Å². The highest BCUT2D eigenvalue weighted by Gasteiger charge is 2.34. The molecule has 0 spiro atoms. The predicted octanol–water partition coefficient (Wildman–Crippen LogP) is 8.37. The molecular weight excluding hydrogens is 482 g/mol. The summed E-state index contributed by atoms with van der Waals surface area (Å²) in [6, 6.07) is 20.7. The van der Waals surface area contributed by atoms with Crippen molar-refractivity contribution < 1.29 is 4.79 Å². The molecule has 3 aromatic heterocycles. The Bertz CT molecular complexity index is 1930. The number of hydrogen-bond acceptors (Lipinski definition) is 2. The van der Waals surface area contributed by atoms with Crippen molar-refractivity contribution in [3.8, 4) is 0 Å². The largest absolute Gasteiger partial charge is 0.361 e. The number of anilines is 3. The monoisotopic (exact) mass is 513 g/mol. The van der Waals surface area contributed by atoms with Crippen molar-refractivity contribution in [2.45, 2.75) is 33.1 Å². The number of carbonyl (C=O) groups excluding carboxylic acids is 1. The topological polar surface area (TPSA) is 79.7 Å². The fourth-order valence-electron chi connectivity index (χ4n) is 6.07. The van der Waals surface area contributed by atoms with Crippen molar-refractivity contribution in [3.63, 3.8) is 0 Å². The number of aryl methyl sites for hydroxylation is 1. The molecule has 3 aromatic carbocycles. The summed E-state index contributed by atoms with van der Waals surface area (Å²) >= 11 is 0. The second kappa shape index (κ2) is 8.67. The molecule has 0 saturated heterocycles. The van der Waals surface area contributed by atoms with Crippen LogP contribution in [0.5, 0.6) is 0 Å². The second-order valence-electron chi connectivity index (χ2n) is 10.8. The van der Waals surface area contributed by atoms with Crippen LogP contribution in [0.25, 0.3) is 38.3 Å². The maximum atomic E-state index is 13.8. The van der Waals surface area contributed by atoms with E-state index in [0.29, 0.717) is 18.2 Å². The van der Waals surface area contributed by atoms with Crippen LogP contribution in [0.2, 0.25) is 0 Å². The number of benzene rings is 3. The zero-order valence-electron chi connectivity index (χ0n) is 22.4. The fraction of sp³-hybridized carbons (Fsp3) is 0.182. The van der Waals surface area contributed by atoms with E-state index in [1.54, 1.807) is 0 Å². The van der Waals surface area contributed by atoms with Crippen molar-refractivity contribution in [1.29, 1.82) is 0 Å². The Balaban J connectivity index is 1.18. The molecule has 0 aliphatic carbocycles. The summed E-state index contributed by atoms with van der Waals surface area (Å²) in [4.78, 5) is 25.9. The highest BCUT2D eigenvalue weighted by molar-refractivity contribution is 6.10. The molecule has 194 valence electrons. The summed E-state index contributed by atoms with van der Waals surface area (Å²) in [6.07, 6.45) is 3.05. The molecule has 6 heteroatoms. The lowest BCUT2D eigenvalue weighted by atomic mass is 9.94. The lowest BCUT2D eigenvalue weighted by molar-refractivity contribution is 0.0984. The first kappa shape index (κ1) is 23.4. The smallest absolute Gasteiger partial charge is 0.274 e. The number of fused-ring (bicyclic) bond motifs is 5. The third-order valence-electron chi connectivity index (χ3n) is 8.12. The highest BCUT2D eigenvalue weighted by Crippen LogP contribution is 2.44. The molecule has 1 aliphatic rings. The van der Waals surface area contributed by atoms with Crippen molar-refractivity contribution >= 4 is 61.3 Å². The number of allylic oxidation sites excluding steroid dienone is 1. The van der Waals surface area contributed by atoms with Gasteiger partial charge in [-0.05, 0) is 97.6 Å². The molecule has 4 heterocycles. The first-order valence-electron chi connectivity index (χ1n) is 13.5. The number of aromatic amines is 3. The number of carbonyl (C=O) groups is 1. The number of H-pyrrole nitrogens is 3. The molecule has 0 bridgehead atoms. The number of hydrogen-bond donors (Lipinski definition) is 4. The lowest BCUT2D eigenvalue weighted by Crippen LogP contribution is -2.30. The van der Waals surface area contributed by atoms with Gasteiger partial charge in [-0.1, -0.05) is 13.5 Å². The van der Waals surface area contributed by atoms with Crippen LogP contribution in [0.4, 0.5) is 17.1 Å². The molecule has 6 nitrogen and oxygen atoms in total. The molecule has 6 aromatic rings. The van der Waals surface area contributed by atoms with Crippen LogP contribution in [0, 0.1) is 6.92 Å². The Morgan fingerprint density at radius 2 is 1.59 bits per heavy atom. The van der Waals surface area contributed by atoms with Crippen LogP contribution in [0.15, 0.2) is 73.4 Å². The highest BCUT2D eigenvalue weighted by atomic mass is 16.2. The maximum Gasteiger partial charge on any atom is 0.274 e. The minimum Gasteiger partial charge on any atom is -0.361 e. The molecule has 4 N–H and O–H groups in total. The van der Waals surface area contributed by atoms with Gasteiger partial charge in [0.15, 0.2) is 0 Å². The van der Waals surface area contributed by atoms with Gasteiger partial charge in [0.1, 0.15) is 5.69 Å². The molecule has 7 rings (SSSR count). The number of nitrogens with one attached hydrogen (secondary N) is 4.